The van der Waals surface area contributed by atoms with Crippen LogP contribution in [0.5, 0.6) is 0 Å². The van der Waals surface area contributed by atoms with Crippen molar-refractivity contribution in [2.75, 3.05) is 26.2 Å². The lowest BCUT2D eigenvalue weighted by Crippen LogP contribution is -2.47. The first-order valence-corrected chi connectivity index (χ1v) is 10.9. The molecule has 4 rings (SSSR count). The summed E-state index contributed by atoms with van der Waals surface area (Å²) in [6.45, 7) is 7.79. The molecular formula is C17H29N5O2S. The Bertz CT molecular complexity index is 732. The van der Waals surface area contributed by atoms with Crippen LogP contribution in [0.1, 0.15) is 51.3 Å². The van der Waals surface area contributed by atoms with Gasteiger partial charge in [-0.25, -0.2) is 12.7 Å². The summed E-state index contributed by atoms with van der Waals surface area (Å²) in [5, 5.41) is 8.38. The van der Waals surface area contributed by atoms with Crippen molar-refractivity contribution in [3.05, 3.63) is 12.2 Å². The Morgan fingerprint density at radius 1 is 1.24 bits per heavy atom. The number of nitrogens with zero attached hydrogens (tertiary/aromatic N) is 5. The smallest absolute Gasteiger partial charge is 0.216 e. The predicted molar refractivity (Wildman–Crippen MR) is 95.6 cm³/mol. The van der Waals surface area contributed by atoms with Crippen LogP contribution in [0.25, 0.3) is 0 Å². The second kappa shape index (κ2) is 6.03. The zero-order chi connectivity index (χ0) is 17.8. The topological polar surface area (TPSA) is 71.3 Å². The summed E-state index contributed by atoms with van der Waals surface area (Å²) in [7, 11) is -1.05. The highest BCUT2D eigenvalue weighted by Gasteiger charge is 2.52. The number of rotatable bonds is 4. The Morgan fingerprint density at radius 3 is 2.44 bits per heavy atom. The van der Waals surface area contributed by atoms with Crippen molar-refractivity contribution in [3.8, 4) is 0 Å². The minimum atomic E-state index is -3.06. The molecule has 0 N–H and O–H groups in total. The zero-order valence-electron chi connectivity index (χ0n) is 15.4. The van der Waals surface area contributed by atoms with Crippen LogP contribution in [0.3, 0.4) is 0 Å². The molecule has 7 nitrogen and oxygen atoms in total. The standard InChI is InChI=1S/C17H29N5O2S/c1-13(2)21-10-15(16-19-18-12-20(16)3)17(11-21)6-8-22(9-7-17)25(23,24)14-4-5-14/h12-15H,4-11H2,1-3H3. The Kier molecular flexibility index (Phi) is 4.20. The summed E-state index contributed by atoms with van der Waals surface area (Å²) in [6.07, 6.45) is 5.28. The van der Waals surface area contributed by atoms with Crippen molar-refractivity contribution in [3.63, 3.8) is 0 Å². The number of likely N-dealkylation sites (tertiary alicyclic amines) is 1. The predicted octanol–water partition coefficient (Wildman–Crippen LogP) is 1.20. The van der Waals surface area contributed by atoms with Gasteiger partial charge in [-0.1, -0.05) is 0 Å². The monoisotopic (exact) mass is 367 g/mol. The molecule has 3 fully saturated rings. The molecular weight excluding hydrogens is 338 g/mol. The van der Waals surface area contributed by atoms with Crippen LogP contribution in [-0.2, 0) is 17.1 Å². The molecule has 140 valence electrons. The van der Waals surface area contributed by atoms with E-state index >= 15 is 0 Å². The molecule has 1 aliphatic carbocycles. The molecule has 1 spiro atoms. The fourth-order valence-corrected chi connectivity index (χ4v) is 6.48. The molecule has 1 saturated carbocycles. The average molecular weight is 368 g/mol. The van der Waals surface area contributed by atoms with Gasteiger partial charge in [-0.15, -0.1) is 10.2 Å². The molecule has 3 aliphatic rings. The van der Waals surface area contributed by atoms with Crippen LogP contribution in [-0.4, -0.2) is 69.9 Å². The Balaban J connectivity index is 1.57. The number of aromatic nitrogens is 3. The molecule has 0 radical (unpaired) electrons. The largest absolute Gasteiger partial charge is 0.320 e. The van der Waals surface area contributed by atoms with Gasteiger partial charge in [-0.05, 0) is 44.9 Å². The van der Waals surface area contributed by atoms with Crippen LogP contribution in [0, 0.1) is 5.41 Å². The quantitative estimate of drug-likeness (QED) is 0.800. The molecule has 25 heavy (non-hydrogen) atoms. The van der Waals surface area contributed by atoms with E-state index in [0.29, 0.717) is 25.0 Å². The third-order valence-corrected chi connectivity index (χ3v) is 8.89. The molecule has 0 bridgehead atoms. The molecule has 1 unspecified atom stereocenters. The van der Waals surface area contributed by atoms with E-state index in [-0.39, 0.29) is 10.7 Å². The summed E-state index contributed by atoms with van der Waals surface area (Å²) in [5.41, 5.74) is 0.112. The van der Waals surface area contributed by atoms with Crippen LogP contribution in [0.4, 0.5) is 0 Å². The minimum Gasteiger partial charge on any atom is -0.320 e. The van der Waals surface area contributed by atoms with Gasteiger partial charge in [0.15, 0.2) is 0 Å². The van der Waals surface area contributed by atoms with Gasteiger partial charge in [0, 0.05) is 45.2 Å². The van der Waals surface area contributed by atoms with E-state index in [4.69, 9.17) is 0 Å². The minimum absolute atomic E-state index is 0.105. The first-order valence-electron chi connectivity index (χ1n) is 9.40. The van der Waals surface area contributed by atoms with Crippen LogP contribution in [0.15, 0.2) is 6.33 Å². The summed E-state index contributed by atoms with van der Waals surface area (Å²) >= 11 is 0. The molecule has 2 saturated heterocycles. The summed E-state index contributed by atoms with van der Waals surface area (Å²) in [4.78, 5) is 2.52. The maximum atomic E-state index is 12.6. The van der Waals surface area contributed by atoms with Gasteiger partial charge in [-0.3, -0.25) is 4.90 Å². The number of piperidine rings is 1. The lowest BCUT2D eigenvalue weighted by atomic mass is 9.71. The van der Waals surface area contributed by atoms with Crippen molar-refractivity contribution in [1.29, 1.82) is 0 Å². The second-order valence-corrected chi connectivity index (χ2v) is 10.6. The van der Waals surface area contributed by atoms with Crippen molar-refractivity contribution in [2.24, 2.45) is 12.5 Å². The van der Waals surface area contributed by atoms with Gasteiger partial charge in [0.05, 0.1) is 5.25 Å². The van der Waals surface area contributed by atoms with Crippen LogP contribution < -0.4 is 0 Å². The van der Waals surface area contributed by atoms with E-state index in [1.54, 1.807) is 10.6 Å². The van der Waals surface area contributed by atoms with Gasteiger partial charge in [0.2, 0.25) is 10.0 Å². The maximum absolute atomic E-state index is 12.6. The second-order valence-electron chi connectivity index (χ2n) is 8.38. The summed E-state index contributed by atoms with van der Waals surface area (Å²) < 4.78 is 28.9. The van der Waals surface area contributed by atoms with E-state index in [0.717, 1.165) is 44.6 Å². The molecule has 0 aromatic carbocycles. The van der Waals surface area contributed by atoms with Gasteiger partial charge in [0.25, 0.3) is 0 Å². The van der Waals surface area contributed by atoms with Crippen molar-refractivity contribution in [2.45, 2.75) is 56.7 Å². The SMILES string of the molecule is CC(C)N1CC(c2nncn2C)C2(CCN(S(=O)(=O)C3CC3)CC2)C1. The molecule has 1 aromatic rings. The molecule has 1 aromatic heterocycles. The van der Waals surface area contributed by atoms with Gasteiger partial charge < -0.3 is 4.57 Å². The van der Waals surface area contributed by atoms with Crippen molar-refractivity contribution in [1.82, 2.24) is 24.0 Å². The number of hydrogen-bond donors (Lipinski definition) is 0. The molecule has 2 aliphatic heterocycles. The fourth-order valence-electron chi connectivity index (χ4n) is 4.63. The van der Waals surface area contributed by atoms with E-state index in [2.05, 4.69) is 28.9 Å². The molecule has 1 atom stereocenters. The summed E-state index contributed by atoms with van der Waals surface area (Å²) in [5.74, 6) is 1.37. The highest BCUT2D eigenvalue weighted by atomic mass is 32.2. The first kappa shape index (κ1) is 17.4. The maximum Gasteiger partial charge on any atom is 0.216 e. The van der Waals surface area contributed by atoms with E-state index < -0.39 is 10.0 Å². The first-order chi connectivity index (χ1) is 11.8. The average Bonchev–Trinajstić information content (AvgIpc) is 3.27. The van der Waals surface area contributed by atoms with Crippen molar-refractivity contribution >= 4 is 10.0 Å². The zero-order valence-corrected chi connectivity index (χ0v) is 16.2. The van der Waals surface area contributed by atoms with Gasteiger partial charge in [-0.2, -0.15) is 0 Å². The third kappa shape index (κ3) is 2.92. The van der Waals surface area contributed by atoms with Crippen LogP contribution in [0.2, 0.25) is 0 Å². The highest BCUT2D eigenvalue weighted by Crippen LogP contribution is 2.50. The molecule has 8 heteroatoms. The number of hydrogen-bond acceptors (Lipinski definition) is 5. The number of aryl methyl sites for hydroxylation is 1. The normalized spacial score (nSPS) is 28.2. The molecule has 0 amide bonds. The van der Waals surface area contributed by atoms with Gasteiger partial charge in [0.1, 0.15) is 12.2 Å². The van der Waals surface area contributed by atoms with Gasteiger partial charge >= 0.3 is 0 Å². The lowest BCUT2D eigenvalue weighted by Gasteiger charge is -2.42. The summed E-state index contributed by atoms with van der Waals surface area (Å²) in [6, 6.07) is 0.489. The van der Waals surface area contributed by atoms with Crippen LogP contribution >= 0.6 is 0 Å². The Hall–Kier alpha value is -0.990. The van der Waals surface area contributed by atoms with Crippen molar-refractivity contribution < 1.29 is 8.42 Å². The Morgan fingerprint density at radius 2 is 1.92 bits per heavy atom. The van der Waals surface area contributed by atoms with E-state index in [1.165, 1.54) is 0 Å². The van der Waals surface area contributed by atoms with E-state index in [1.807, 2.05) is 11.6 Å². The molecule has 3 heterocycles. The third-order valence-electron chi connectivity index (χ3n) is 6.49. The lowest BCUT2D eigenvalue weighted by molar-refractivity contribution is 0.131. The highest BCUT2D eigenvalue weighted by molar-refractivity contribution is 7.90. The fraction of sp³-hybridized carbons (Fsp3) is 0.882. The number of sulfonamides is 1. The Labute approximate surface area is 150 Å². The van der Waals surface area contributed by atoms with E-state index in [9.17, 15) is 8.42 Å².